The van der Waals surface area contributed by atoms with Crippen LogP contribution in [0.3, 0.4) is 0 Å². The molecule has 1 heterocycles. The number of quaternary nitrogens is 2. The van der Waals surface area contributed by atoms with Crippen LogP contribution in [0.1, 0.15) is 5.56 Å². The van der Waals surface area contributed by atoms with Gasteiger partial charge >= 0.3 is 6.03 Å². The first-order chi connectivity index (χ1) is 14.4. The van der Waals surface area contributed by atoms with Crippen LogP contribution in [0.5, 0.6) is 5.75 Å². The van der Waals surface area contributed by atoms with Gasteiger partial charge in [-0.25, -0.2) is 13.6 Å². The summed E-state index contributed by atoms with van der Waals surface area (Å²) in [5.41, 5.74) is 0.832. The number of hydrogen-bond acceptors (Lipinski definition) is 3. The summed E-state index contributed by atoms with van der Waals surface area (Å²) >= 11 is 0. The van der Waals surface area contributed by atoms with Crippen molar-refractivity contribution in [2.75, 3.05) is 45.2 Å². The molecule has 4 N–H and O–H groups in total. The van der Waals surface area contributed by atoms with Gasteiger partial charge in [-0.3, -0.25) is 10.1 Å². The highest BCUT2D eigenvalue weighted by atomic mass is 19.1. The summed E-state index contributed by atoms with van der Waals surface area (Å²) in [5.74, 6) is -0.618. The summed E-state index contributed by atoms with van der Waals surface area (Å²) in [5, 5.41) is 4.56. The lowest BCUT2D eigenvalue weighted by Crippen LogP contribution is -3.28. The summed E-state index contributed by atoms with van der Waals surface area (Å²) in [4.78, 5) is 26.4. The molecule has 0 bridgehead atoms. The Balaban J connectivity index is 1.43. The van der Waals surface area contributed by atoms with Gasteiger partial charge in [-0.1, -0.05) is 12.1 Å². The first kappa shape index (κ1) is 21.7. The Hall–Kier alpha value is -3.04. The number of nitrogens with one attached hydrogen (secondary N) is 4. The first-order valence-corrected chi connectivity index (χ1v) is 9.79. The molecule has 30 heavy (non-hydrogen) atoms. The molecule has 160 valence electrons. The number of ether oxygens (including phenoxy) is 1. The second-order valence-corrected chi connectivity index (χ2v) is 7.29. The molecular formula is C21H26F2N4O3+2. The topological polar surface area (TPSA) is 76.3 Å². The van der Waals surface area contributed by atoms with Gasteiger partial charge < -0.3 is 19.9 Å². The van der Waals surface area contributed by atoms with E-state index < -0.39 is 17.8 Å². The average Bonchev–Trinajstić information content (AvgIpc) is 2.71. The lowest BCUT2D eigenvalue weighted by molar-refractivity contribution is -1.02. The van der Waals surface area contributed by atoms with Gasteiger partial charge in [0.05, 0.1) is 18.4 Å². The second kappa shape index (κ2) is 10.1. The van der Waals surface area contributed by atoms with E-state index in [9.17, 15) is 18.4 Å². The molecule has 0 unspecified atom stereocenters. The van der Waals surface area contributed by atoms with Gasteiger partial charge in [-0.15, -0.1) is 0 Å². The minimum atomic E-state index is -0.757. The Labute approximate surface area is 173 Å². The van der Waals surface area contributed by atoms with Crippen LogP contribution in [0, 0.1) is 11.6 Å². The third kappa shape index (κ3) is 5.98. The molecule has 2 aromatic rings. The van der Waals surface area contributed by atoms with Crippen molar-refractivity contribution in [3.8, 4) is 5.75 Å². The van der Waals surface area contributed by atoms with Crippen molar-refractivity contribution < 1.29 is 32.9 Å². The van der Waals surface area contributed by atoms with E-state index in [2.05, 4.69) is 10.6 Å². The molecule has 1 aliphatic rings. The van der Waals surface area contributed by atoms with Crippen molar-refractivity contribution in [2.45, 2.75) is 6.54 Å². The third-order valence-electron chi connectivity index (χ3n) is 5.13. The summed E-state index contributed by atoms with van der Waals surface area (Å²) in [7, 11) is 1.56. The number of carbonyl (C=O) groups excluding carboxylic acids is 2. The number of urea groups is 1. The van der Waals surface area contributed by atoms with Gasteiger partial charge in [0.25, 0.3) is 5.91 Å². The number of rotatable bonds is 6. The van der Waals surface area contributed by atoms with Crippen LogP contribution in [0.4, 0.5) is 19.3 Å². The Morgan fingerprint density at radius 2 is 1.73 bits per heavy atom. The van der Waals surface area contributed by atoms with Gasteiger partial charge in [0.15, 0.2) is 6.54 Å². The zero-order valence-electron chi connectivity index (χ0n) is 16.8. The van der Waals surface area contributed by atoms with Crippen molar-refractivity contribution in [3.05, 3.63) is 59.7 Å². The molecule has 0 radical (unpaired) electrons. The number of anilines is 1. The Morgan fingerprint density at radius 3 is 2.43 bits per heavy atom. The summed E-state index contributed by atoms with van der Waals surface area (Å²) in [6.45, 7) is 3.91. The minimum absolute atomic E-state index is 0.0140. The van der Waals surface area contributed by atoms with Gasteiger partial charge in [0.2, 0.25) is 0 Å². The maximum Gasteiger partial charge on any atom is 0.326 e. The number of piperazine rings is 1. The number of imide groups is 1. The predicted octanol–water partition coefficient (Wildman–Crippen LogP) is -0.395. The largest absolute Gasteiger partial charge is 0.496 e. The van der Waals surface area contributed by atoms with Gasteiger partial charge in [-0.2, -0.15) is 0 Å². The summed E-state index contributed by atoms with van der Waals surface area (Å²) < 4.78 is 32.4. The first-order valence-electron chi connectivity index (χ1n) is 9.79. The number of methoxy groups -OCH3 is 1. The number of amides is 3. The molecule has 0 atom stereocenters. The van der Waals surface area contributed by atoms with Crippen LogP contribution in [-0.2, 0) is 11.3 Å². The number of carbonyl (C=O) groups is 2. The minimum Gasteiger partial charge on any atom is -0.496 e. The zero-order valence-corrected chi connectivity index (χ0v) is 16.8. The van der Waals surface area contributed by atoms with Crippen molar-refractivity contribution in [1.29, 1.82) is 0 Å². The van der Waals surface area contributed by atoms with E-state index >= 15 is 0 Å². The Morgan fingerprint density at radius 1 is 1.03 bits per heavy atom. The van der Waals surface area contributed by atoms with Crippen molar-refractivity contribution in [1.82, 2.24) is 5.32 Å². The molecule has 9 heteroatoms. The van der Waals surface area contributed by atoms with E-state index in [0.29, 0.717) is 12.3 Å². The van der Waals surface area contributed by atoms with E-state index in [1.807, 2.05) is 0 Å². The maximum atomic E-state index is 13.6. The molecule has 1 fully saturated rings. The third-order valence-corrected chi connectivity index (χ3v) is 5.13. The average molecular weight is 420 g/mol. The van der Waals surface area contributed by atoms with Crippen LogP contribution in [0.2, 0.25) is 0 Å². The molecule has 0 aromatic heterocycles. The molecule has 0 aliphatic carbocycles. The van der Waals surface area contributed by atoms with Crippen LogP contribution in [-0.4, -0.2) is 51.8 Å². The monoisotopic (exact) mass is 420 g/mol. The highest BCUT2D eigenvalue weighted by Crippen LogP contribution is 2.18. The molecule has 0 saturated carbocycles. The zero-order chi connectivity index (χ0) is 21.5. The maximum absolute atomic E-state index is 13.6. The second-order valence-electron chi connectivity index (χ2n) is 7.29. The van der Waals surface area contributed by atoms with E-state index in [-0.39, 0.29) is 18.0 Å². The molecule has 7 nitrogen and oxygen atoms in total. The molecular weight excluding hydrogens is 394 g/mol. The van der Waals surface area contributed by atoms with Gasteiger partial charge in [-0.05, 0) is 30.3 Å². The van der Waals surface area contributed by atoms with Crippen LogP contribution < -0.4 is 25.2 Å². The van der Waals surface area contributed by atoms with Crippen LogP contribution >= 0.6 is 0 Å². The molecule has 3 rings (SSSR count). The fraction of sp³-hybridized carbons (Fsp3) is 0.333. The molecule has 1 aliphatic heterocycles. The van der Waals surface area contributed by atoms with E-state index in [1.165, 1.54) is 35.2 Å². The van der Waals surface area contributed by atoms with Gasteiger partial charge in [0.1, 0.15) is 50.1 Å². The lowest BCUT2D eigenvalue weighted by Gasteiger charge is -2.29. The van der Waals surface area contributed by atoms with Crippen molar-refractivity contribution in [3.63, 3.8) is 0 Å². The highest BCUT2D eigenvalue weighted by Gasteiger charge is 2.26. The summed E-state index contributed by atoms with van der Waals surface area (Å²) in [6.07, 6.45) is 0. The van der Waals surface area contributed by atoms with E-state index in [4.69, 9.17) is 4.74 Å². The predicted molar refractivity (Wildman–Crippen MR) is 106 cm³/mol. The molecule has 0 spiro atoms. The number of para-hydroxylation sites is 1. The smallest absolute Gasteiger partial charge is 0.326 e. The van der Waals surface area contributed by atoms with Crippen molar-refractivity contribution in [2.24, 2.45) is 0 Å². The fourth-order valence-electron chi connectivity index (χ4n) is 3.58. The molecule has 1 saturated heterocycles. The number of benzene rings is 2. The normalized spacial score (nSPS) is 18.5. The lowest BCUT2D eigenvalue weighted by atomic mass is 10.1. The SMILES string of the molecule is COc1ccc(F)cc1C[NH+]1CC[NH+](CC(=O)NC(=O)Nc2ccccc2F)CC1. The Kier molecular flexibility index (Phi) is 7.31. The molecule has 3 amide bonds. The fourth-order valence-corrected chi connectivity index (χ4v) is 3.58. The number of halogens is 2. The number of hydrogen-bond donors (Lipinski definition) is 4. The standard InChI is InChI=1S/C21H24F2N4O3/c1-30-19-7-6-16(22)12-15(19)13-26-8-10-27(11-9-26)14-20(28)25-21(29)24-18-5-3-2-4-17(18)23/h2-7,12H,8-11,13-14H2,1H3,(H2,24,25,28,29)/p+2. The van der Waals surface area contributed by atoms with Gasteiger partial charge in [0, 0.05) is 0 Å². The van der Waals surface area contributed by atoms with Crippen molar-refractivity contribution >= 4 is 17.6 Å². The van der Waals surface area contributed by atoms with E-state index in [0.717, 1.165) is 36.6 Å². The van der Waals surface area contributed by atoms with Crippen LogP contribution in [0.15, 0.2) is 42.5 Å². The Bertz CT molecular complexity index is 902. The molecule has 2 aromatic carbocycles. The van der Waals surface area contributed by atoms with E-state index in [1.54, 1.807) is 19.2 Å². The highest BCUT2D eigenvalue weighted by molar-refractivity contribution is 6.01. The van der Waals surface area contributed by atoms with Crippen LogP contribution in [0.25, 0.3) is 0 Å². The quantitative estimate of drug-likeness (QED) is 0.514. The summed E-state index contributed by atoms with van der Waals surface area (Å²) in [6, 6.07) is 9.48.